The normalized spacial score (nSPS) is 17.2. The van der Waals surface area contributed by atoms with Crippen LogP contribution in [0, 0.1) is 0 Å². The predicted molar refractivity (Wildman–Crippen MR) is 122 cm³/mol. The van der Waals surface area contributed by atoms with Crippen LogP contribution in [0.2, 0.25) is 0 Å². The number of nitrogens with one attached hydrogen (secondary N) is 1. The number of carbonyl (C=O) groups is 1. The maximum absolute atomic E-state index is 13.2. The lowest BCUT2D eigenvalue weighted by Gasteiger charge is -2.33. The lowest BCUT2D eigenvalue weighted by Crippen LogP contribution is -2.49. The minimum Gasteiger partial charge on any atom is -0.324 e. The van der Waals surface area contributed by atoms with E-state index in [1.165, 1.54) is 4.31 Å². The van der Waals surface area contributed by atoms with Gasteiger partial charge in [0.25, 0.3) is 0 Å². The number of hydrogen-bond acceptors (Lipinski definition) is 3. The van der Waals surface area contributed by atoms with Gasteiger partial charge in [-0.15, -0.1) is 0 Å². The van der Waals surface area contributed by atoms with Gasteiger partial charge >= 0.3 is 0 Å². The SMILES string of the molecule is O=C(Nc1ccccc1Cc1ccccc1)C1CCCCN1S(=O)(=O)c1ccccc1. The predicted octanol–water partition coefficient (Wildman–Crippen LogP) is 4.46. The quantitative estimate of drug-likeness (QED) is 0.623. The van der Waals surface area contributed by atoms with Crippen molar-refractivity contribution in [3.05, 3.63) is 96.1 Å². The Labute approximate surface area is 183 Å². The Kier molecular flexibility index (Phi) is 6.49. The molecular formula is C25H26N2O3S. The van der Waals surface area contributed by atoms with Crippen LogP contribution in [-0.2, 0) is 21.2 Å². The average molecular weight is 435 g/mol. The molecule has 1 heterocycles. The zero-order valence-corrected chi connectivity index (χ0v) is 18.1. The van der Waals surface area contributed by atoms with E-state index >= 15 is 0 Å². The van der Waals surface area contributed by atoms with Gasteiger partial charge in [0.2, 0.25) is 15.9 Å². The summed E-state index contributed by atoms with van der Waals surface area (Å²) in [7, 11) is -3.73. The summed E-state index contributed by atoms with van der Waals surface area (Å²) in [6.45, 7) is 0.348. The molecule has 5 nitrogen and oxygen atoms in total. The second-order valence-corrected chi connectivity index (χ2v) is 9.64. The van der Waals surface area contributed by atoms with Crippen molar-refractivity contribution in [3.63, 3.8) is 0 Å². The molecule has 160 valence electrons. The van der Waals surface area contributed by atoms with Gasteiger partial charge in [0, 0.05) is 12.2 Å². The van der Waals surface area contributed by atoms with Crippen LogP contribution >= 0.6 is 0 Å². The Balaban J connectivity index is 1.56. The summed E-state index contributed by atoms with van der Waals surface area (Å²) >= 11 is 0. The minimum atomic E-state index is -3.73. The number of piperidine rings is 1. The number of hydrogen-bond donors (Lipinski definition) is 1. The van der Waals surface area contributed by atoms with Crippen LogP contribution in [0.1, 0.15) is 30.4 Å². The fraction of sp³-hybridized carbons (Fsp3) is 0.240. The molecule has 1 unspecified atom stereocenters. The average Bonchev–Trinajstić information content (AvgIpc) is 2.81. The van der Waals surface area contributed by atoms with Gasteiger partial charge in [-0.1, -0.05) is 73.2 Å². The van der Waals surface area contributed by atoms with E-state index < -0.39 is 16.1 Å². The molecule has 0 aromatic heterocycles. The van der Waals surface area contributed by atoms with E-state index in [1.807, 2.05) is 54.6 Å². The second-order valence-electron chi connectivity index (χ2n) is 7.75. The summed E-state index contributed by atoms with van der Waals surface area (Å²) in [5.41, 5.74) is 2.87. The van der Waals surface area contributed by atoms with E-state index in [-0.39, 0.29) is 10.8 Å². The van der Waals surface area contributed by atoms with Crippen molar-refractivity contribution >= 4 is 21.6 Å². The van der Waals surface area contributed by atoms with Crippen LogP contribution in [0.5, 0.6) is 0 Å². The van der Waals surface area contributed by atoms with Gasteiger partial charge in [-0.3, -0.25) is 4.79 Å². The largest absolute Gasteiger partial charge is 0.324 e. The highest BCUT2D eigenvalue weighted by Crippen LogP contribution is 2.27. The maximum atomic E-state index is 13.2. The molecular weight excluding hydrogens is 408 g/mol. The highest BCUT2D eigenvalue weighted by atomic mass is 32.2. The molecule has 0 bridgehead atoms. The first kappa shape index (κ1) is 21.3. The van der Waals surface area contributed by atoms with E-state index in [4.69, 9.17) is 0 Å². The number of para-hydroxylation sites is 1. The lowest BCUT2D eigenvalue weighted by atomic mass is 10.0. The molecule has 1 N–H and O–H groups in total. The van der Waals surface area contributed by atoms with Crippen molar-refractivity contribution in [1.29, 1.82) is 0 Å². The fourth-order valence-corrected chi connectivity index (χ4v) is 5.69. The minimum absolute atomic E-state index is 0.221. The van der Waals surface area contributed by atoms with Crippen LogP contribution in [0.4, 0.5) is 5.69 Å². The number of benzene rings is 3. The zero-order chi connectivity index (χ0) is 21.7. The highest BCUT2D eigenvalue weighted by Gasteiger charge is 2.37. The van der Waals surface area contributed by atoms with Gasteiger partial charge in [-0.2, -0.15) is 4.31 Å². The van der Waals surface area contributed by atoms with Crippen LogP contribution in [0.3, 0.4) is 0 Å². The van der Waals surface area contributed by atoms with Crippen molar-refractivity contribution in [2.75, 3.05) is 11.9 Å². The van der Waals surface area contributed by atoms with Crippen molar-refractivity contribution < 1.29 is 13.2 Å². The third-order valence-corrected chi connectivity index (χ3v) is 7.54. The van der Waals surface area contributed by atoms with Crippen LogP contribution in [-0.4, -0.2) is 31.2 Å². The fourth-order valence-electron chi connectivity index (χ4n) is 4.01. The van der Waals surface area contributed by atoms with E-state index in [2.05, 4.69) is 5.32 Å². The third kappa shape index (κ3) is 4.86. The molecule has 3 aromatic rings. The molecule has 1 saturated heterocycles. The van der Waals surface area contributed by atoms with Crippen LogP contribution < -0.4 is 5.32 Å². The number of anilines is 1. The highest BCUT2D eigenvalue weighted by molar-refractivity contribution is 7.89. The van der Waals surface area contributed by atoms with Crippen LogP contribution in [0.25, 0.3) is 0 Å². The summed E-state index contributed by atoms with van der Waals surface area (Å²) in [6.07, 6.45) is 2.78. The standard InChI is InChI=1S/C25H26N2O3S/c28-25(26-23-16-8-7-13-21(23)19-20-11-3-1-4-12-20)24-17-9-10-18-27(24)31(29,30)22-14-5-2-6-15-22/h1-8,11-16,24H,9-10,17-19H2,(H,26,28). The van der Waals surface area contributed by atoms with E-state index in [1.54, 1.807) is 30.3 Å². The molecule has 0 radical (unpaired) electrons. The Morgan fingerprint density at radius 1 is 0.871 bits per heavy atom. The maximum Gasteiger partial charge on any atom is 0.243 e. The first-order chi connectivity index (χ1) is 15.1. The Bertz CT molecular complexity index is 1130. The molecule has 1 aliphatic heterocycles. The smallest absolute Gasteiger partial charge is 0.243 e. The molecule has 1 fully saturated rings. The number of sulfonamides is 1. The lowest BCUT2D eigenvalue weighted by molar-refractivity contribution is -0.120. The zero-order valence-electron chi connectivity index (χ0n) is 17.3. The molecule has 4 rings (SSSR count). The van der Waals surface area contributed by atoms with Gasteiger partial charge < -0.3 is 5.32 Å². The third-order valence-electron chi connectivity index (χ3n) is 5.62. The van der Waals surface area contributed by atoms with Crippen molar-refractivity contribution in [1.82, 2.24) is 4.31 Å². The molecule has 6 heteroatoms. The summed E-state index contributed by atoms with van der Waals surface area (Å²) in [5, 5.41) is 3.01. The Morgan fingerprint density at radius 3 is 2.26 bits per heavy atom. The molecule has 1 atom stereocenters. The van der Waals surface area contributed by atoms with E-state index in [0.717, 1.165) is 29.7 Å². The summed E-state index contributed by atoms with van der Waals surface area (Å²) in [5.74, 6) is -0.278. The molecule has 1 amide bonds. The first-order valence-corrected chi connectivity index (χ1v) is 12.0. The van der Waals surface area contributed by atoms with Gasteiger partial charge in [-0.05, 0) is 48.6 Å². The van der Waals surface area contributed by atoms with Crippen molar-refractivity contribution in [2.45, 2.75) is 36.6 Å². The van der Waals surface area contributed by atoms with Gasteiger partial charge in [0.1, 0.15) is 6.04 Å². The molecule has 0 spiro atoms. The molecule has 1 aliphatic rings. The molecule has 0 aliphatic carbocycles. The molecule has 3 aromatic carbocycles. The van der Waals surface area contributed by atoms with Gasteiger partial charge in [-0.25, -0.2) is 8.42 Å². The van der Waals surface area contributed by atoms with Crippen LogP contribution in [0.15, 0.2) is 89.8 Å². The van der Waals surface area contributed by atoms with E-state index in [9.17, 15) is 13.2 Å². The van der Waals surface area contributed by atoms with Gasteiger partial charge in [0.15, 0.2) is 0 Å². The number of carbonyl (C=O) groups excluding carboxylic acids is 1. The second kappa shape index (κ2) is 9.45. The number of nitrogens with zero attached hydrogens (tertiary/aromatic N) is 1. The summed E-state index contributed by atoms with van der Waals surface area (Å²) < 4.78 is 27.8. The summed E-state index contributed by atoms with van der Waals surface area (Å²) in [6, 6.07) is 25.4. The first-order valence-electron chi connectivity index (χ1n) is 10.6. The molecule has 0 saturated carbocycles. The monoisotopic (exact) mass is 434 g/mol. The number of rotatable bonds is 6. The van der Waals surface area contributed by atoms with Crippen molar-refractivity contribution in [2.24, 2.45) is 0 Å². The van der Waals surface area contributed by atoms with Crippen molar-refractivity contribution in [3.8, 4) is 0 Å². The Morgan fingerprint density at radius 2 is 1.52 bits per heavy atom. The van der Waals surface area contributed by atoms with E-state index in [0.29, 0.717) is 19.4 Å². The topological polar surface area (TPSA) is 66.5 Å². The summed E-state index contributed by atoms with van der Waals surface area (Å²) in [4.78, 5) is 13.5. The Hall–Kier alpha value is -2.96. The van der Waals surface area contributed by atoms with Gasteiger partial charge in [0.05, 0.1) is 4.90 Å². The number of amides is 1. The molecule has 31 heavy (non-hydrogen) atoms.